The van der Waals surface area contributed by atoms with Gasteiger partial charge in [-0.2, -0.15) is 0 Å². The number of carbonyl (C=O) groups excluding carboxylic acids is 2. The van der Waals surface area contributed by atoms with Gasteiger partial charge in [0.1, 0.15) is 0 Å². The lowest BCUT2D eigenvalue weighted by molar-refractivity contribution is -0.123. The molecule has 2 amide bonds. The number of nitrogens with one attached hydrogen (secondary N) is 1. The van der Waals surface area contributed by atoms with Crippen LogP contribution in [0.1, 0.15) is 48.2 Å². The number of benzene rings is 1. The summed E-state index contributed by atoms with van der Waals surface area (Å²) >= 11 is 0. The summed E-state index contributed by atoms with van der Waals surface area (Å²) in [4.78, 5) is 34.1. The molecule has 1 aromatic carbocycles. The number of rotatable bonds is 4. The van der Waals surface area contributed by atoms with Crippen LogP contribution in [-0.2, 0) is 4.79 Å². The van der Waals surface area contributed by atoms with E-state index in [4.69, 9.17) is 0 Å². The predicted molar refractivity (Wildman–Crippen MR) is 114 cm³/mol. The molecule has 0 unspecified atom stereocenters. The molecule has 2 aromatic rings. The number of carbonyl (C=O) groups is 2. The summed E-state index contributed by atoms with van der Waals surface area (Å²) in [5.74, 6) is 0.144. The summed E-state index contributed by atoms with van der Waals surface area (Å²) in [5, 5.41) is 4.17. The van der Waals surface area contributed by atoms with Gasteiger partial charge in [0.25, 0.3) is 5.91 Å². The molecule has 6 heteroatoms. The fourth-order valence-electron chi connectivity index (χ4n) is 4.42. The van der Waals surface area contributed by atoms with Gasteiger partial charge in [-0.05, 0) is 31.9 Å². The highest BCUT2D eigenvalue weighted by Crippen LogP contribution is 2.20. The molecule has 0 spiro atoms. The first-order valence-corrected chi connectivity index (χ1v) is 10.8. The smallest absolute Gasteiger partial charge is 0.256 e. The fraction of sp³-hybridized carbons (Fsp3) is 0.522. The van der Waals surface area contributed by atoms with Gasteiger partial charge in [0.2, 0.25) is 5.91 Å². The van der Waals surface area contributed by atoms with Crippen molar-refractivity contribution < 1.29 is 9.59 Å². The Bertz CT molecular complexity index is 884. The van der Waals surface area contributed by atoms with Crippen LogP contribution in [-0.4, -0.2) is 65.4 Å². The number of nitrogens with zero attached hydrogens (tertiary/aromatic N) is 3. The predicted octanol–water partition coefficient (Wildman–Crippen LogP) is 2.75. The van der Waals surface area contributed by atoms with Gasteiger partial charge in [-0.15, -0.1) is 0 Å². The normalized spacial score (nSPS) is 18.7. The van der Waals surface area contributed by atoms with Crippen molar-refractivity contribution in [1.82, 2.24) is 20.1 Å². The zero-order chi connectivity index (χ0) is 20.2. The molecule has 6 nitrogen and oxygen atoms in total. The third-order valence-electron chi connectivity index (χ3n) is 6.09. The van der Waals surface area contributed by atoms with Crippen LogP contribution >= 0.6 is 0 Å². The first kappa shape index (κ1) is 19.8. The number of aromatic nitrogens is 1. The highest BCUT2D eigenvalue weighted by Gasteiger charge is 2.25. The van der Waals surface area contributed by atoms with Gasteiger partial charge in [0.05, 0.1) is 17.6 Å². The number of aryl methyl sites for hydroxylation is 1. The molecule has 154 valence electrons. The maximum Gasteiger partial charge on any atom is 0.256 e. The number of fused-ring (bicyclic) bond motifs is 1. The van der Waals surface area contributed by atoms with Crippen molar-refractivity contribution in [2.24, 2.45) is 0 Å². The molecule has 0 bridgehead atoms. The van der Waals surface area contributed by atoms with Crippen molar-refractivity contribution >= 4 is 22.7 Å². The van der Waals surface area contributed by atoms with Crippen LogP contribution in [0.15, 0.2) is 30.3 Å². The molecule has 2 heterocycles. The minimum atomic E-state index is 0.0278. The van der Waals surface area contributed by atoms with Crippen LogP contribution in [0.5, 0.6) is 0 Å². The first-order valence-electron chi connectivity index (χ1n) is 10.8. The van der Waals surface area contributed by atoms with E-state index in [1.807, 2.05) is 42.2 Å². The summed E-state index contributed by atoms with van der Waals surface area (Å²) in [6.45, 7) is 5.09. The summed E-state index contributed by atoms with van der Waals surface area (Å²) in [6, 6.07) is 10.1. The topological polar surface area (TPSA) is 65.5 Å². The average Bonchev–Trinajstić information content (AvgIpc) is 2.74. The molecule has 1 N–H and O–H groups in total. The van der Waals surface area contributed by atoms with Crippen LogP contribution in [0.25, 0.3) is 10.9 Å². The Morgan fingerprint density at radius 3 is 2.55 bits per heavy atom. The highest BCUT2D eigenvalue weighted by molar-refractivity contribution is 6.05. The number of hydrogen-bond donors (Lipinski definition) is 1. The van der Waals surface area contributed by atoms with Crippen LogP contribution < -0.4 is 5.32 Å². The second-order valence-corrected chi connectivity index (χ2v) is 8.30. The Labute approximate surface area is 172 Å². The maximum absolute atomic E-state index is 13.1. The van der Waals surface area contributed by atoms with E-state index in [0.29, 0.717) is 31.2 Å². The van der Waals surface area contributed by atoms with E-state index in [0.717, 1.165) is 42.5 Å². The van der Waals surface area contributed by atoms with Gasteiger partial charge in [-0.3, -0.25) is 19.5 Å². The van der Waals surface area contributed by atoms with Gasteiger partial charge in [0.15, 0.2) is 0 Å². The third kappa shape index (κ3) is 4.75. The Morgan fingerprint density at radius 1 is 1.03 bits per heavy atom. The van der Waals surface area contributed by atoms with E-state index in [1.54, 1.807) is 0 Å². The van der Waals surface area contributed by atoms with Crippen LogP contribution in [0, 0.1) is 6.92 Å². The molecular weight excluding hydrogens is 364 g/mol. The highest BCUT2D eigenvalue weighted by atomic mass is 16.2. The molecule has 2 fully saturated rings. The average molecular weight is 395 g/mol. The first-order chi connectivity index (χ1) is 14.1. The van der Waals surface area contributed by atoms with Crippen molar-refractivity contribution in [1.29, 1.82) is 0 Å². The van der Waals surface area contributed by atoms with Gasteiger partial charge in [0, 0.05) is 43.3 Å². The van der Waals surface area contributed by atoms with E-state index in [2.05, 4.69) is 15.2 Å². The molecule has 1 saturated heterocycles. The molecule has 29 heavy (non-hydrogen) atoms. The number of piperazine rings is 1. The zero-order valence-electron chi connectivity index (χ0n) is 17.2. The molecule has 1 aliphatic heterocycles. The number of para-hydroxylation sites is 1. The van der Waals surface area contributed by atoms with Crippen LogP contribution in [0.3, 0.4) is 0 Å². The van der Waals surface area contributed by atoms with Crippen molar-refractivity contribution in [3.05, 3.63) is 41.6 Å². The number of hydrogen-bond acceptors (Lipinski definition) is 4. The van der Waals surface area contributed by atoms with Crippen molar-refractivity contribution in [3.8, 4) is 0 Å². The summed E-state index contributed by atoms with van der Waals surface area (Å²) in [6.07, 6.45) is 5.93. The van der Waals surface area contributed by atoms with Gasteiger partial charge < -0.3 is 10.2 Å². The van der Waals surface area contributed by atoms with Gasteiger partial charge in [-0.1, -0.05) is 37.5 Å². The molecule has 1 aliphatic carbocycles. The molecular formula is C23H30N4O2. The minimum absolute atomic E-state index is 0.0278. The Morgan fingerprint density at radius 2 is 1.79 bits per heavy atom. The van der Waals surface area contributed by atoms with Gasteiger partial charge >= 0.3 is 0 Å². The molecule has 4 rings (SSSR count). The quantitative estimate of drug-likeness (QED) is 0.866. The van der Waals surface area contributed by atoms with Crippen molar-refractivity contribution in [2.75, 3.05) is 32.7 Å². The second kappa shape index (κ2) is 8.91. The lowest BCUT2D eigenvalue weighted by Gasteiger charge is -2.35. The van der Waals surface area contributed by atoms with Crippen LogP contribution in [0.4, 0.5) is 0 Å². The SMILES string of the molecule is Cc1ccc2cccc(C(=O)N3CCN(CC(=O)NC4CCCCC4)CC3)c2n1. The van der Waals surface area contributed by atoms with E-state index in [1.165, 1.54) is 19.3 Å². The molecule has 1 aromatic heterocycles. The molecule has 0 radical (unpaired) electrons. The number of amides is 2. The Balaban J connectivity index is 1.33. The standard InChI is InChI=1S/C23H30N4O2/c1-17-10-11-18-6-5-9-20(22(18)24-17)23(29)27-14-12-26(13-15-27)16-21(28)25-19-7-3-2-4-8-19/h5-6,9-11,19H,2-4,7-8,12-16H2,1H3,(H,25,28). The van der Waals surface area contributed by atoms with E-state index in [-0.39, 0.29) is 11.8 Å². The van der Waals surface area contributed by atoms with Crippen LogP contribution in [0.2, 0.25) is 0 Å². The summed E-state index contributed by atoms with van der Waals surface area (Å²) in [7, 11) is 0. The lowest BCUT2D eigenvalue weighted by Crippen LogP contribution is -2.52. The fourth-order valence-corrected chi connectivity index (χ4v) is 4.42. The van der Waals surface area contributed by atoms with Crippen molar-refractivity contribution in [3.63, 3.8) is 0 Å². The lowest BCUT2D eigenvalue weighted by atomic mass is 9.95. The Kier molecular flexibility index (Phi) is 6.09. The largest absolute Gasteiger partial charge is 0.352 e. The van der Waals surface area contributed by atoms with Gasteiger partial charge in [-0.25, -0.2) is 0 Å². The number of pyridine rings is 1. The monoisotopic (exact) mass is 394 g/mol. The minimum Gasteiger partial charge on any atom is -0.352 e. The maximum atomic E-state index is 13.1. The molecule has 1 saturated carbocycles. The molecule has 0 atom stereocenters. The van der Waals surface area contributed by atoms with E-state index >= 15 is 0 Å². The summed E-state index contributed by atoms with van der Waals surface area (Å²) in [5.41, 5.74) is 2.34. The zero-order valence-corrected chi connectivity index (χ0v) is 17.2. The summed E-state index contributed by atoms with van der Waals surface area (Å²) < 4.78 is 0. The van der Waals surface area contributed by atoms with Crippen molar-refractivity contribution in [2.45, 2.75) is 45.1 Å². The third-order valence-corrected chi connectivity index (χ3v) is 6.09. The molecule has 2 aliphatic rings. The van der Waals surface area contributed by atoms with E-state index in [9.17, 15) is 9.59 Å². The Hall–Kier alpha value is -2.47. The second-order valence-electron chi connectivity index (χ2n) is 8.30. The van der Waals surface area contributed by atoms with E-state index < -0.39 is 0 Å².